The lowest BCUT2D eigenvalue weighted by atomic mass is 9.95. The molecule has 3 nitrogen and oxygen atoms in total. The molecule has 0 aromatic carbocycles. The standard InChI is InChI=1S/C10H13F3N2O/c1-7(6-14)9(16)15-4-2-8(3-5-15)10(11,12)13/h7-8H,2-5H2,1H3. The maximum absolute atomic E-state index is 12.3. The molecule has 1 rings (SSSR count). The molecule has 1 aliphatic heterocycles. The molecule has 1 unspecified atom stereocenters. The van der Waals surface area contributed by atoms with Crippen LogP contribution < -0.4 is 0 Å². The first kappa shape index (κ1) is 12.8. The van der Waals surface area contributed by atoms with Crippen LogP contribution in [0, 0.1) is 23.2 Å². The smallest absolute Gasteiger partial charge is 0.342 e. The van der Waals surface area contributed by atoms with E-state index in [4.69, 9.17) is 5.26 Å². The molecule has 0 spiro atoms. The SMILES string of the molecule is CC(C#N)C(=O)N1CCC(C(F)(F)F)CC1. The molecule has 1 saturated heterocycles. The van der Waals surface area contributed by atoms with Crippen LogP contribution in [0.15, 0.2) is 0 Å². The predicted octanol–water partition coefficient (Wildman–Crippen LogP) is 1.95. The number of carbonyl (C=O) groups is 1. The Labute approximate surface area is 91.8 Å². The molecular formula is C10H13F3N2O. The molecule has 16 heavy (non-hydrogen) atoms. The van der Waals surface area contributed by atoms with Gasteiger partial charge in [-0.2, -0.15) is 18.4 Å². The van der Waals surface area contributed by atoms with Crippen LogP contribution in [0.4, 0.5) is 13.2 Å². The largest absolute Gasteiger partial charge is 0.391 e. The second kappa shape index (κ2) is 4.73. The van der Waals surface area contributed by atoms with E-state index < -0.39 is 18.0 Å². The minimum absolute atomic E-state index is 0.0621. The van der Waals surface area contributed by atoms with Gasteiger partial charge in [0.25, 0.3) is 0 Å². The molecular weight excluding hydrogens is 221 g/mol. The molecule has 1 heterocycles. The summed E-state index contributed by atoms with van der Waals surface area (Å²) in [6.45, 7) is 1.64. The van der Waals surface area contributed by atoms with E-state index in [1.165, 1.54) is 11.8 Å². The number of likely N-dealkylation sites (tertiary alicyclic amines) is 1. The highest BCUT2D eigenvalue weighted by molar-refractivity contribution is 5.80. The summed E-state index contributed by atoms with van der Waals surface area (Å²) in [7, 11) is 0. The molecule has 0 N–H and O–H groups in total. The Bertz CT molecular complexity index is 300. The second-order valence-electron chi connectivity index (χ2n) is 3.99. The molecule has 0 bridgehead atoms. The number of amides is 1. The minimum atomic E-state index is -4.17. The van der Waals surface area contributed by atoms with Crippen LogP contribution >= 0.6 is 0 Å². The summed E-state index contributed by atoms with van der Waals surface area (Å²) in [5.74, 6) is -2.46. The first-order valence-electron chi connectivity index (χ1n) is 5.11. The summed E-state index contributed by atoms with van der Waals surface area (Å²) >= 11 is 0. The molecule has 6 heteroatoms. The molecule has 90 valence electrons. The predicted molar refractivity (Wildman–Crippen MR) is 50.1 cm³/mol. The van der Waals surface area contributed by atoms with Gasteiger partial charge in [-0.3, -0.25) is 4.79 Å². The number of nitriles is 1. The van der Waals surface area contributed by atoms with Crippen LogP contribution in [0.1, 0.15) is 19.8 Å². The van der Waals surface area contributed by atoms with Gasteiger partial charge in [-0.05, 0) is 19.8 Å². The van der Waals surface area contributed by atoms with Crippen molar-refractivity contribution in [1.29, 1.82) is 5.26 Å². The maximum Gasteiger partial charge on any atom is 0.391 e. The third-order valence-electron chi connectivity index (χ3n) is 2.83. The number of hydrogen-bond acceptors (Lipinski definition) is 2. The van der Waals surface area contributed by atoms with Crippen molar-refractivity contribution in [2.45, 2.75) is 25.9 Å². The van der Waals surface area contributed by atoms with E-state index in [0.717, 1.165) is 0 Å². The zero-order valence-corrected chi connectivity index (χ0v) is 8.92. The topological polar surface area (TPSA) is 44.1 Å². The first-order chi connectivity index (χ1) is 7.36. The van der Waals surface area contributed by atoms with Crippen LogP contribution in [0.5, 0.6) is 0 Å². The zero-order valence-electron chi connectivity index (χ0n) is 8.92. The summed E-state index contributed by atoms with van der Waals surface area (Å²) in [5.41, 5.74) is 0. The summed E-state index contributed by atoms with van der Waals surface area (Å²) in [6.07, 6.45) is -4.29. The van der Waals surface area contributed by atoms with Crippen molar-refractivity contribution in [3.05, 3.63) is 0 Å². The van der Waals surface area contributed by atoms with Crippen molar-refractivity contribution in [3.63, 3.8) is 0 Å². The summed E-state index contributed by atoms with van der Waals surface area (Å²) in [5, 5.41) is 8.54. The van der Waals surface area contributed by atoms with Gasteiger partial charge >= 0.3 is 6.18 Å². The lowest BCUT2D eigenvalue weighted by Crippen LogP contribution is -2.43. The molecule has 0 saturated carbocycles. The van der Waals surface area contributed by atoms with Crippen LogP contribution in [0.2, 0.25) is 0 Å². The maximum atomic E-state index is 12.3. The average molecular weight is 234 g/mol. The molecule has 1 amide bonds. The average Bonchev–Trinajstić information content (AvgIpc) is 2.26. The first-order valence-corrected chi connectivity index (χ1v) is 5.11. The Morgan fingerprint density at radius 2 is 1.94 bits per heavy atom. The fourth-order valence-electron chi connectivity index (χ4n) is 1.76. The van der Waals surface area contributed by atoms with E-state index in [0.29, 0.717) is 0 Å². The van der Waals surface area contributed by atoms with Crippen molar-refractivity contribution in [2.24, 2.45) is 11.8 Å². The molecule has 1 fully saturated rings. The van der Waals surface area contributed by atoms with E-state index in [1.54, 1.807) is 6.07 Å². The van der Waals surface area contributed by atoms with E-state index in [2.05, 4.69) is 0 Å². The van der Waals surface area contributed by atoms with Gasteiger partial charge in [0.15, 0.2) is 0 Å². The minimum Gasteiger partial charge on any atom is -0.342 e. The van der Waals surface area contributed by atoms with E-state index in [1.807, 2.05) is 0 Å². The monoisotopic (exact) mass is 234 g/mol. The third kappa shape index (κ3) is 2.87. The zero-order chi connectivity index (χ0) is 12.3. The second-order valence-corrected chi connectivity index (χ2v) is 3.99. The van der Waals surface area contributed by atoms with Gasteiger partial charge in [0.05, 0.1) is 12.0 Å². The highest BCUT2D eigenvalue weighted by Crippen LogP contribution is 2.34. The van der Waals surface area contributed by atoms with E-state index in [9.17, 15) is 18.0 Å². The van der Waals surface area contributed by atoms with Gasteiger partial charge < -0.3 is 4.90 Å². The van der Waals surface area contributed by atoms with Crippen LogP contribution in [0.3, 0.4) is 0 Å². The lowest BCUT2D eigenvalue weighted by Gasteiger charge is -2.33. The number of nitrogens with zero attached hydrogens (tertiary/aromatic N) is 2. The van der Waals surface area contributed by atoms with Gasteiger partial charge in [-0.15, -0.1) is 0 Å². The number of hydrogen-bond donors (Lipinski definition) is 0. The Morgan fingerprint density at radius 3 is 2.31 bits per heavy atom. The van der Waals surface area contributed by atoms with Gasteiger partial charge in [-0.25, -0.2) is 0 Å². The van der Waals surface area contributed by atoms with E-state index in [-0.39, 0.29) is 31.8 Å². The highest BCUT2D eigenvalue weighted by Gasteiger charge is 2.41. The summed E-state index contributed by atoms with van der Waals surface area (Å²) < 4.78 is 37.0. The van der Waals surface area contributed by atoms with Gasteiger partial charge in [0.1, 0.15) is 5.92 Å². The molecule has 1 aliphatic rings. The van der Waals surface area contributed by atoms with Crippen molar-refractivity contribution in [1.82, 2.24) is 4.90 Å². The fourth-order valence-corrected chi connectivity index (χ4v) is 1.76. The van der Waals surface area contributed by atoms with Crippen molar-refractivity contribution < 1.29 is 18.0 Å². The quantitative estimate of drug-likeness (QED) is 0.696. The van der Waals surface area contributed by atoms with Gasteiger partial charge in [0, 0.05) is 13.1 Å². The fraction of sp³-hybridized carbons (Fsp3) is 0.800. The Balaban J connectivity index is 2.50. The number of carbonyl (C=O) groups excluding carboxylic acids is 1. The van der Waals surface area contributed by atoms with Gasteiger partial charge in [0.2, 0.25) is 5.91 Å². The molecule has 0 aliphatic carbocycles. The van der Waals surface area contributed by atoms with Crippen LogP contribution in [-0.2, 0) is 4.79 Å². The Kier molecular flexibility index (Phi) is 3.79. The van der Waals surface area contributed by atoms with Crippen molar-refractivity contribution >= 4 is 5.91 Å². The molecule has 0 aromatic heterocycles. The lowest BCUT2D eigenvalue weighted by molar-refractivity contribution is -0.186. The Hall–Kier alpha value is -1.25. The van der Waals surface area contributed by atoms with Crippen molar-refractivity contribution in [3.8, 4) is 6.07 Å². The molecule has 0 aromatic rings. The van der Waals surface area contributed by atoms with Crippen LogP contribution in [-0.4, -0.2) is 30.1 Å². The van der Waals surface area contributed by atoms with Crippen molar-refractivity contribution in [2.75, 3.05) is 13.1 Å². The summed E-state index contributed by atoms with van der Waals surface area (Å²) in [6, 6.07) is 1.79. The summed E-state index contributed by atoms with van der Waals surface area (Å²) in [4.78, 5) is 12.9. The number of alkyl halides is 3. The number of piperidine rings is 1. The Morgan fingerprint density at radius 1 is 1.44 bits per heavy atom. The van der Waals surface area contributed by atoms with E-state index >= 15 is 0 Å². The van der Waals surface area contributed by atoms with Crippen LogP contribution in [0.25, 0.3) is 0 Å². The molecule has 1 atom stereocenters. The third-order valence-corrected chi connectivity index (χ3v) is 2.83. The number of halogens is 3. The molecule has 0 radical (unpaired) electrons. The van der Waals surface area contributed by atoms with Gasteiger partial charge in [-0.1, -0.05) is 0 Å². The normalized spacial score (nSPS) is 20.3. The highest BCUT2D eigenvalue weighted by atomic mass is 19.4. The number of rotatable bonds is 1.